The van der Waals surface area contributed by atoms with Crippen LogP contribution in [0.25, 0.3) is 0 Å². The van der Waals surface area contributed by atoms with Crippen LogP contribution in [0.4, 0.5) is 0 Å². The fourth-order valence-corrected chi connectivity index (χ4v) is 1.31. The van der Waals surface area contributed by atoms with Gasteiger partial charge in [-0.1, -0.05) is 12.1 Å². The van der Waals surface area contributed by atoms with Gasteiger partial charge >= 0.3 is 0 Å². The first-order chi connectivity index (χ1) is 7.17. The lowest BCUT2D eigenvalue weighted by molar-refractivity contribution is 0.0922. The molecule has 0 heterocycles. The Hall–Kier alpha value is -1.06. The van der Waals surface area contributed by atoms with Gasteiger partial charge in [0.15, 0.2) is 0 Å². The Balaban J connectivity index is 2.73. The van der Waals surface area contributed by atoms with Gasteiger partial charge in [0, 0.05) is 17.5 Å². The van der Waals surface area contributed by atoms with Crippen molar-refractivity contribution in [2.75, 3.05) is 6.61 Å². The lowest BCUT2D eigenvalue weighted by Gasteiger charge is -2.10. The van der Waals surface area contributed by atoms with Gasteiger partial charge in [-0.3, -0.25) is 4.79 Å². The van der Waals surface area contributed by atoms with E-state index in [1.165, 1.54) is 0 Å². The van der Waals surface area contributed by atoms with Crippen molar-refractivity contribution in [3.63, 3.8) is 0 Å². The minimum absolute atomic E-state index is 0.0685. The summed E-state index contributed by atoms with van der Waals surface area (Å²) >= 11 is 5.66. The maximum absolute atomic E-state index is 11.6. The summed E-state index contributed by atoms with van der Waals surface area (Å²) in [6.07, 6.45) is 0. The van der Waals surface area contributed by atoms with Crippen LogP contribution < -0.4 is 5.32 Å². The van der Waals surface area contributed by atoms with Gasteiger partial charge in [-0.2, -0.15) is 0 Å². The molecule has 0 unspecified atom stereocenters. The first-order valence-corrected chi connectivity index (χ1v) is 5.27. The number of benzene rings is 1. The van der Waals surface area contributed by atoms with Crippen LogP contribution in [0, 0.1) is 0 Å². The summed E-state index contributed by atoms with van der Waals surface area (Å²) in [4.78, 5) is 11.6. The number of rotatable bonds is 4. The molecule has 4 heteroatoms. The molecule has 0 radical (unpaired) electrons. The number of halogens is 1. The van der Waals surface area contributed by atoms with E-state index in [1.807, 2.05) is 6.07 Å². The van der Waals surface area contributed by atoms with Crippen molar-refractivity contribution in [1.82, 2.24) is 5.32 Å². The van der Waals surface area contributed by atoms with Gasteiger partial charge < -0.3 is 10.4 Å². The molecular formula is C11H14ClNO2. The zero-order valence-corrected chi connectivity index (χ0v) is 9.29. The summed E-state index contributed by atoms with van der Waals surface area (Å²) in [5.41, 5.74) is 1.47. The molecule has 0 bridgehead atoms. The van der Waals surface area contributed by atoms with Gasteiger partial charge in [-0.15, -0.1) is 11.6 Å². The third kappa shape index (κ3) is 3.53. The van der Waals surface area contributed by atoms with Gasteiger partial charge in [-0.25, -0.2) is 0 Å². The third-order valence-corrected chi connectivity index (χ3v) is 2.30. The Morgan fingerprint density at radius 2 is 2.33 bits per heavy atom. The summed E-state index contributed by atoms with van der Waals surface area (Å²) in [6, 6.07) is 6.87. The van der Waals surface area contributed by atoms with Crippen LogP contribution in [0.3, 0.4) is 0 Å². The molecule has 0 saturated carbocycles. The Kier molecular flexibility index (Phi) is 4.59. The fraction of sp³-hybridized carbons (Fsp3) is 0.364. The second kappa shape index (κ2) is 5.73. The molecule has 0 saturated heterocycles. The van der Waals surface area contributed by atoms with E-state index in [-0.39, 0.29) is 18.6 Å². The summed E-state index contributed by atoms with van der Waals surface area (Å²) in [5.74, 6) is 0.194. The molecule has 0 aliphatic rings. The highest BCUT2D eigenvalue weighted by molar-refractivity contribution is 6.17. The number of aliphatic hydroxyl groups excluding tert-OH is 1. The Morgan fingerprint density at radius 1 is 1.60 bits per heavy atom. The maximum Gasteiger partial charge on any atom is 0.251 e. The van der Waals surface area contributed by atoms with Gasteiger partial charge in [0.2, 0.25) is 0 Å². The average molecular weight is 228 g/mol. The molecule has 3 nitrogen and oxygen atoms in total. The Morgan fingerprint density at radius 3 is 2.93 bits per heavy atom. The maximum atomic E-state index is 11.6. The molecule has 1 amide bonds. The van der Waals surface area contributed by atoms with E-state index in [9.17, 15) is 4.79 Å². The number of alkyl halides is 1. The lowest BCUT2D eigenvalue weighted by Crippen LogP contribution is -2.34. The predicted octanol–water partition coefficient (Wildman–Crippen LogP) is 1.54. The summed E-state index contributed by atoms with van der Waals surface area (Å²) < 4.78 is 0. The van der Waals surface area contributed by atoms with Crippen molar-refractivity contribution in [2.24, 2.45) is 0 Å². The van der Waals surface area contributed by atoms with Crippen molar-refractivity contribution in [2.45, 2.75) is 18.8 Å². The normalized spacial score (nSPS) is 12.2. The first-order valence-electron chi connectivity index (χ1n) is 4.74. The van der Waals surface area contributed by atoms with E-state index in [0.29, 0.717) is 11.4 Å². The average Bonchev–Trinajstić information content (AvgIpc) is 2.28. The molecule has 1 atom stereocenters. The van der Waals surface area contributed by atoms with Crippen molar-refractivity contribution < 1.29 is 9.90 Å². The van der Waals surface area contributed by atoms with Gasteiger partial charge in [0.25, 0.3) is 5.91 Å². The zero-order valence-electron chi connectivity index (χ0n) is 8.53. The SMILES string of the molecule is C[C@@H](CO)NC(=O)c1cccc(CCl)c1. The number of nitrogens with one attached hydrogen (secondary N) is 1. The van der Waals surface area contributed by atoms with E-state index >= 15 is 0 Å². The lowest BCUT2D eigenvalue weighted by atomic mass is 10.1. The molecule has 82 valence electrons. The van der Waals surface area contributed by atoms with Crippen LogP contribution in [0.1, 0.15) is 22.8 Å². The fourth-order valence-electron chi connectivity index (χ4n) is 1.15. The molecular weight excluding hydrogens is 214 g/mol. The second-order valence-electron chi connectivity index (χ2n) is 3.39. The number of carbonyl (C=O) groups is 1. The standard InChI is InChI=1S/C11H14ClNO2/c1-8(7-14)13-11(15)10-4-2-3-9(5-10)6-12/h2-5,8,14H,6-7H2,1H3,(H,13,15)/t8-/m0/s1. The molecule has 2 N–H and O–H groups in total. The van der Waals surface area contributed by atoms with Gasteiger partial charge in [0.05, 0.1) is 6.61 Å². The van der Waals surface area contributed by atoms with Crippen LogP contribution in [0.2, 0.25) is 0 Å². The number of aliphatic hydroxyl groups is 1. The molecule has 0 aromatic heterocycles. The highest BCUT2D eigenvalue weighted by Crippen LogP contribution is 2.07. The van der Waals surface area contributed by atoms with E-state index in [2.05, 4.69) is 5.32 Å². The number of amides is 1. The van der Waals surface area contributed by atoms with E-state index < -0.39 is 0 Å². The first kappa shape index (κ1) is 12.0. The number of hydrogen-bond donors (Lipinski definition) is 2. The molecule has 0 spiro atoms. The minimum atomic E-state index is -0.239. The molecule has 15 heavy (non-hydrogen) atoms. The third-order valence-electron chi connectivity index (χ3n) is 1.99. The molecule has 0 aliphatic carbocycles. The quantitative estimate of drug-likeness (QED) is 0.767. The van der Waals surface area contributed by atoms with Crippen LogP contribution in [-0.4, -0.2) is 23.7 Å². The molecule has 1 rings (SSSR count). The van der Waals surface area contributed by atoms with Gasteiger partial charge in [0.1, 0.15) is 0 Å². The summed E-state index contributed by atoms with van der Waals surface area (Å²) in [7, 11) is 0. The molecule has 0 fully saturated rings. The van der Waals surface area contributed by atoms with E-state index in [4.69, 9.17) is 16.7 Å². The van der Waals surface area contributed by atoms with Crippen LogP contribution in [0.5, 0.6) is 0 Å². The Labute approximate surface area is 94.1 Å². The van der Waals surface area contributed by atoms with Crippen molar-refractivity contribution in [1.29, 1.82) is 0 Å². The largest absolute Gasteiger partial charge is 0.394 e. The van der Waals surface area contributed by atoms with Crippen LogP contribution in [-0.2, 0) is 5.88 Å². The second-order valence-corrected chi connectivity index (χ2v) is 3.66. The van der Waals surface area contributed by atoms with Gasteiger partial charge in [-0.05, 0) is 24.6 Å². The molecule has 1 aromatic rings. The van der Waals surface area contributed by atoms with E-state index in [0.717, 1.165) is 5.56 Å². The summed E-state index contributed by atoms with van der Waals surface area (Å²) in [6.45, 7) is 1.67. The van der Waals surface area contributed by atoms with E-state index in [1.54, 1.807) is 25.1 Å². The monoisotopic (exact) mass is 227 g/mol. The molecule has 0 aliphatic heterocycles. The highest BCUT2D eigenvalue weighted by Gasteiger charge is 2.08. The smallest absolute Gasteiger partial charge is 0.251 e. The Bertz CT molecular complexity index is 341. The zero-order chi connectivity index (χ0) is 11.3. The highest BCUT2D eigenvalue weighted by atomic mass is 35.5. The van der Waals surface area contributed by atoms with Crippen LogP contribution in [0.15, 0.2) is 24.3 Å². The van der Waals surface area contributed by atoms with Crippen molar-refractivity contribution in [3.05, 3.63) is 35.4 Å². The minimum Gasteiger partial charge on any atom is -0.394 e. The molecule has 1 aromatic carbocycles. The van der Waals surface area contributed by atoms with Crippen molar-refractivity contribution in [3.8, 4) is 0 Å². The topological polar surface area (TPSA) is 49.3 Å². The predicted molar refractivity (Wildman–Crippen MR) is 60.0 cm³/mol. The number of hydrogen-bond acceptors (Lipinski definition) is 2. The van der Waals surface area contributed by atoms with Crippen molar-refractivity contribution >= 4 is 17.5 Å². The van der Waals surface area contributed by atoms with Crippen LogP contribution >= 0.6 is 11.6 Å². The number of carbonyl (C=O) groups excluding carboxylic acids is 1. The summed E-state index contributed by atoms with van der Waals surface area (Å²) in [5, 5.41) is 11.5.